The number of rotatable bonds is 10. The number of phenolic OH excluding ortho intramolecular Hbond substituents is 1. The smallest absolute Gasteiger partial charge is 0.243 e. The number of nitrogens with two attached hydrogens (primary N) is 2. The second kappa shape index (κ2) is 13.5. The van der Waals surface area contributed by atoms with Crippen molar-refractivity contribution in [2.24, 2.45) is 11.5 Å². The second-order valence-electron chi connectivity index (χ2n) is 10.9. The van der Waals surface area contributed by atoms with Crippen molar-refractivity contribution in [2.45, 2.75) is 57.8 Å². The van der Waals surface area contributed by atoms with Gasteiger partial charge in [-0.1, -0.05) is 36.4 Å². The van der Waals surface area contributed by atoms with Crippen molar-refractivity contribution in [3.8, 4) is 5.75 Å². The maximum Gasteiger partial charge on any atom is 0.243 e. The predicted molar refractivity (Wildman–Crippen MR) is 158 cm³/mol. The minimum atomic E-state index is -1.07. The van der Waals surface area contributed by atoms with Gasteiger partial charge in [0.1, 0.15) is 23.7 Å². The van der Waals surface area contributed by atoms with Gasteiger partial charge in [-0.15, -0.1) is 0 Å². The number of phenols is 1. The quantitative estimate of drug-likeness (QED) is 0.239. The van der Waals surface area contributed by atoms with E-state index in [1.165, 1.54) is 29.2 Å². The van der Waals surface area contributed by atoms with Crippen LogP contribution in [0.5, 0.6) is 5.75 Å². The predicted octanol–water partition coefficient (Wildman–Crippen LogP) is 1.30. The van der Waals surface area contributed by atoms with E-state index >= 15 is 0 Å². The standard InChI is InChI=1S/C32H36FN5O5/c1-18-11-24(39)12-19(2)25(18)15-26(34)32(43)38-17-22-6-4-3-5-21(22)14-28(38)31(42)36-16-29(40)37-27(30(35)41)13-20-7-9-23(33)10-8-20/h3-12,26-28,39H,13-17,34H2,1-2H3,(H2,35,41)(H,36,42)(H,37,40)/t26-,27-,28+/m0/s1. The highest BCUT2D eigenvalue weighted by atomic mass is 19.1. The molecule has 4 amide bonds. The van der Waals surface area contributed by atoms with Crippen molar-refractivity contribution in [2.75, 3.05) is 6.54 Å². The summed E-state index contributed by atoms with van der Waals surface area (Å²) in [5, 5.41) is 15.0. The first-order valence-corrected chi connectivity index (χ1v) is 14.0. The summed E-state index contributed by atoms with van der Waals surface area (Å²) in [6.45, 7) is 3.38. The van der Waals surface area contributed by atoms with Gasteiger partial charge in [0.2, 0.25) is 23.6 Å². The average molecular weight is 590 g/mol. The fraction of sp³-hybridized carbons (Fsp3) is 0.312. The number of fused-ring (bicyclic) bond motifs is 1. The molecule has 7 N–H and O–H groups in total. The summed E-state index contributed by atoms with van der Waals surface area (Å²) >= 11 is 0. The third kappa shape index (κ3) is 7.75. The van der Waals surface area contributed by atoms with Gasteiger partial charge in [-0.25, -0.2) is 4.39 Å². The number of hydrogen-bond acceptors (Lipinski definition) is 6. The molecule has 3 atom stereocenters. The van der Waals surface area contributed by atoms with Crippen LogP contribution in [-0.2, 0) is 45.0 Å². The largest absolute Gasteiger partial charge is 0.508 e. The highest BCUT2D eigenvalue weighted by Crippen LogP contribution is 2.26. The number of aryl methyl sites for hydroxylation is 2. The van der Waals surface area contributed by atoms with Crippen molar-refractivity contribution < 1.29 is 28.7 Å². The molecule has 0 aromatic heterocycles. The molecule has 1 aliphatic rings. The highest BCUT2D eigenvalue weighted by molar-refractivity contribution is 5.93. The zero-order valence-electron chi connectivity index (χ0n) is 24.1. The van der Waals surface area contributed by atoms with Gasteiger partial charge in [0.05, 0.1) is 12.6 Å². The third-order valence-electron chi connectivity index (χ3n) is 7.71. The molecule has 3 aromatic carbocycles. The normalized spacial score (nSPS) is 15.6. The molecule has 226 valence electrons. The Balaban J connectivity index is 1.45. The molecule has 0 fully saturated rings. The summed E-state index contributed by atoms with van der Waals surface area (Å²) in [5.74, 6) is -2.70. The highest BCUT2D eigenvalue weighted by Gasteiger charge is 2.37. The molecule has 1 heterocycles. The van der Waals surface area contributed by atoms with Crippen LogP contribution in [0.2, 0.25) is 0 Å². The minimum absolute atomic E-state index is 0.0505. The number of aromatic hydroxyl groups is 1. The van der Waals surface area contributed by atoms with Crippen LogP contribution in [0.1, 0.15) is 33.4 Å². The lowest BCUT2D eigenvalue weighted by atomic mass is 9.91. The van der Waals surface area contributed by atoms with Crippen LogP contribution < -0.4 is 22.1 Å². The summed E-state index contributed by atoms with van der Waals surface area (Å²) in [7, 11) is 0. The van der Waals surface area contributed by atoms with E-state index in [2.05, 4.69) is 10.6 Å². The molecule has 0 bridgehead atoms. The van der Waals surface area contributed by atoms with E-state index < -0.39 is 54.1 Å². The average Bonchev–Trinajstić information content (AvgIpc) is 2.97. The first-order chi connectivity index (χ1) is 20.4. The Morgan fingerprint density at radius 2 is 1.63 bits per heavy atom. The Labute approximate surface area is 249 Å². The number of amides is 4. The van der Waals surface area contributed by atoms with Crippen LogP contribution in [-0.4, -0.2) is 58.3 Å². The topological polar surface area (TPSA) is 168 Å². The lowest BCUT2D eigenvalue weighted by molar-refractivity contribution is -0.143. The summed E-state index contributed by atoms with van der Waals surface area (Å²) in [6, 6.07) is 13.2. The van der Waals surface area contributed by atoms with Crippen molar-refractivity contribution in [1.82, 2.24) is 15.5 Å². The second-order valence-corrected chi connectivity index (χ2v) is 10.9. The van der Waals surface area contributed by atoms with Crippen molar-refractivity contribution in [3.63, 3.8) is 0 Å². The third-order valence-corrected chi connectivity index (χ3v) is 7.71. The summed E-state index contributed by atoms with van der Waals surface area (Å²) in [6.07, 6.45) is 0.497. The number of primary amides is 1. The molecule has 0 unspecified atom stereocenters. The number of benzene rings is 3. The molecule has 11 heteroatoms. The first-order valence-electron chi connectivity index (χ1n) is 14.0. The summed E-state index contributed by atoms with van der Waals surface area (Å²) in [4.78, 5) is 53.2. The van der Waals surface area contributed by atoms with Crippen LogP contribution in [0.3, 0.4) is 0 Å². The van der Waals surface area contributed by atoms with Gasteiger partial charge >= 0.3 is 0 Å². The molecule has 0 aliphatic carbocycles. The van der Waals surface area contributed by atoms with Crippen molar-refractivity contribution >= 4 is 23.6 Å². The van der Waals surface area contributed by atoms with Gasteiger partial charge in [-0.3, -0.25) is 19.2 Å². The Kier molecular flexibility index (Phi) is 9.77. The maximum absolute atomic E-state index is 13.7. The van der Waals surface area contributed by atoms with E-state index in [0.717, 1.165) is 27.8 Å². The number of nitrogens with one attached hydrogen (secondary N) is 2. The SMILES string of the molecule is Cc1cc(O)cc(C)c1C[C@H](N)C(=O)N1Cc2ccccc2C[C@@H]1C(=O)NCC(=O)N[C@@H](Cc1ccc(F)cc1)C(N)=O. The number of carbonyl (C=O) groups excluding carboxylic acids is 4. The summed E-state index contributed by atoms with van der Waals surface area (Å²) < 4.78 is 13.2. The van der Waals surface area contributed by atoms with Crippen LogP contribution in [0.25, 0.3) is 0 Å². The van der Waals surface area contributed by atoms with Gasteiger partial charge in [-0.05, 0) is 77.9 Å². The summed E-state index contributed by atoms with van der Waals surface area (Å²) in [5.41, 5.74) is 16.7. The first kappa shape index (κ1) is 31.2. The van der Waals surface area contributed by atoms with E-state index in [1.807, 2.05) is 38.1 Å². The van der Waals surface area contributed by atoms with Gasteiger partial charge in [0.15, 0.2) is 0 Å². The Hall–Kier alpha value is -4.77. The van der Waals surface area contributed by atoms with Crippen molar-refractivity contribution in [1.29, 1.82) is 0 Å². The fourth-order valence-electron chi connectivity index (χ4n) is 5.41. The van der Waals surface area contributed by atoms with E-state index in [1.54, 1.807) is 12.1 Å². The lowest BCUT2D eigenvalue weighted by Gasteiger charge is -2.37. The molecular formula is C32H36FN5O5. The minimum Gasteiger partial charge on any atom is -0.508 e. The Morgan fingerprint density at radius 1 is 1.00 bits per heavy atom. The van der Waals surface area contributed by atoms with Gasteiger partial charge in [-0.2, -0.15) is 0 Å². The van der Waals surface area contributed by atoms with Crippen LogP contribution >= 0.6 is 0 Å². The number of carbonyl (C=O) groups is 4. The molecule has 0 saturated heterocycles. The Morgan fingerprint density at radius 3 is 2.26 bits per heavy atom. The van der Waals surface area contributed by atoms with Gasteiger partial charge < -0.3 is 32.1 Å². The molecular weight excluding hydrogens is 553 g/mol. The van der Waals surface area contributed by atoms with Crippen molar-refractivity contribution in [3.05, 3.63) is 99.9 Å². The fourth-order valence-corrected chi connectivity index (χ4v) is 5.41. The van der Waals surface area contributed by atoms with Gasteiger partial charge in [0, 0.05) is 19.4 Å². The zero-order valence-corrected chi connectivity index (χ0v) is 24.1. The van der Waals surface area contributed by atoms with Crippen LogP contribution in [0.15, 0.2) is 60.7 Å². The molecule has 4 rings (SSSR count). The maximum atomic E-state index is 13.7. The molecule has 1 aliphatic heterocycles. The molecule has 0 spiro atoms. The molecule has 10 nitrogen and oxygen atoms in total. The molecule has 43 heavy (non-hydrogen) atoms. The van der Waals surface area contributed by atoms with E-state index in [9.17, 15) is 28.7 Å². The zero-order chi connectivity index (χ0) is 31.3. The van der Waals surface area contributed by atoms with E-state index in [0.29, 0.717) is 5.56 Å². The lowest BCUT2D eigenvalue weighted by Crippen LogP contribution is -2.57. The monoisotopic (exact) mass is 589 g/mol. The van der Waals surface area contributed by atoms with Crippen LogP contribution in [0, 0.1) is 19.7 Å². The van der Waals surface area contributed by atoms with Crippen LogP contribution in [0.4, 0.5) is 4.39 Å². The van der Waals surface area contributed by atoms with E-state index in [4.69, 9.17) is 11.5 Å². The molecule has 3 aromatic rings. The number of halogens is 1. The molecule has 0 saturated carbocycles. The van der Waals surface area contributed by atoms with E-state index in [-0.39, 0.29) is 31.6 Å². The number of hydrogen-bond donors (Lipinski definition) is 5. The Bertz CT molecular complexity index is 1500. The van der Waals surface area contributed by atoms with Gasteiger partial charge in [0.25, 0.3) is 0 Å². The molecule has 0 radical (unpaired) electrons. The number of nitrogens with zero attached hydrogens (tertiary/aromatic N) is 1.